The van der Waals surface area contributed by atoms with Crippen LogP contribution in [-0.2, 0) is 17.8 Å². The Hall–Kier alpha value is -3.56. The lowest BCUT2D eigenvalue weighted by molar-refractivity contribution is -0.133. The Morgan fingerprint density at radius 1 is 1.14 bits per heavy atom. The number of fused-ring (bicyclic) bond motifs is 1. The number of aromatic nitrogens is 2. The first-order valence-electron chi connectivity index (χ1n) is 12.4. The van der Waals surface area contributed by atoms with Crippen molar-refractivity contribution in [2.45, 2.75) is 63.6 Å². The number of rotatable bonds is 8. The monoisotopic (exact) mass is 497 g/mol. The van der Waals surface area contributed by atoms with Crippen molar-refractivity contribution in [3.05, 3.63) is 41.2 Å². The summed E-state index contributed by atoms with van der Waals surface area (Å²) < 4.78 is 12.1. The minimum absolute atomic E-state index is 0.135. The summed E-state index contributed by atoms with van der Waals surface area (Å²) in [5, 5.41) is 10.4. The minimum Gasteiger partial charge on any atom is -0.497 e. The van der Waals surface area contributed by atoms with Crippen molar-refractivity contribution < 1.29 is 23.9 Å². The fourth-order valence-electron chi connectivity index (χ4n) is 4.89. The summed E-state index contributed by atoms with van der Waals surface area (Å²) in [5.41, 5.74) is 0.277. The molecular weight excluding hydrogens is 462 g/mol. The van der Waals surface area contributed by atoms with Crippen molar-refractivity contribution in [3.63, 3.8) is 0 Å². The van der Waals surface area contributed by atoms with Crippen molar-refractivity contribution in [1.29, 1.82) is 0 Å². The number of ether oxygens (including phenoxy) is 2. The molecule has 0 saturated heterocycles. The van der Waals surface area contributed by atoms with Gasteiger partial charge in [0.15, 0.2) is 5.69 Å². The minimum atomic E-state index is -1.09. The lowest BCUT2D eigenvalue weighted by Gasteiger charge is -2.41. The Kier molecular flexibility index (Phi) is 7.51. The molecule has 1 aromatic carbocycles. The van der Waals surface area contributed by atoms with Crippen LogP contribution in [0, 0.1) is 0 Å². The maximum atomic E-state index is 13.2. The fraction of sp³-hybridized carbons (Fsp3) is 0.538. The number of amides is 3. The van der Waals surface area contributed by atoms with Crippen LogP contribution in [0.1, 0.15) is 65.6 Å². The van der Waals surface area contributed by atoms with E-state index < -0.39 is 5.54 Å². The third-order valence-electron chi connectivity index (χ3n) is 7.34. The molecule has 1 saturated carbocycles. The summed E-state index contributed by atoms with van der Waals surface area (Å²) in [7, 11) is 4.80. The Morgan fingerprint density at radius 3 is 2.58 bits per heavy atom. The normalized spacial score (nSPS) is 20.0. The molecule has 4 rings (SSSR count). The SMILES string of the molecule is COc1ccc(CCNC(=O)c2cc3n(n2)C[C@](C)(C(=O)NC2CCCCC2)N(C)C3=O)c(OC)c1. The van der Waals surface area contributed by atoms with Crippen LogP contribution in [0.15, 0.2) is 24.3 Å². The third-order valence-corrected chi connectivity index (χ3v) is 7.34. The lowest BCUT2D eigenvalue weighted by Crippen LogP contribution is -2.63. The van der Waals surface area contributed by atoms with Gasteiger partial charge in [-0.15, -0.1) is 0 Å². The molecule has 2 aliphatic rings. The predicted octanol–water partition coefficient (Wildman–Crippen LogP) is 2.17. The molecule has 1 atom stereocenters. The van der Waals surface area contributed by atoms with E-state index in [-0.39, 0.29) is 36.0 Å². The van der Waals surface area contributed by atoms with E-state index in [9.17, 15) is 14.4 Å². The van der Waals surface area contributed by atoms with Gasteiger partial charge in [-0.3, -0.25) is 19.1 Å². The highest BCUT2D eigenvalue weighted by Gasteiger charge is 2.46. The highest BCUT2D eigenvalue weighted by atomic mass is 16.5. The van der Waals surface area contributed by atoms with Crippen LogP contribution >= 0.6 is 0 Å². The zero-order valence-corrected chi connectivity index (χ0v) is 21.4. The molecule has 2 aromatic rings. The maximum absolute atomic E-state index is 13.2. The molecule has 1 aromatic heterocycles. The van der Waals surface area contributed by atoms with Gasteiger partial charge in [0, 0.05) is 31.8 Å². The van der Waals surface area contributed by atoms with Crippen molar-refractivity contribution in [1.82, 2.24) is 25.3 Å². The number of carbonyl (C=O) groups is 3. The standard InChI is InChI=1S/C26H35N5O5/c1-26(25(34)28-18-8-6-5-7-9-18)16-31-21(24(33)30(26)2)15-20(29-31)23(32)27-13-12-17-10-11-19(35-3)14-22(17)36-4/h10-11,14-15,18H,5-9,12-13,16H2,1-4H3,(H,27,32)(H,28,34)/t26-/m1/s1. The highest BCUT2D eigenvalue weighted by Crippen LogP contribution is 2.28. The van der Waals surface area contributed by atoms with Gasteiger partial charge in [-0.25, -0.2) is 0 Å². The quantitative estimate of drug-likeness (QED) is 0.578. The van der Waals surface area contributed by atoms with Crippen molar-refractivity contribution in [2.75, 3.05) is 27.8 Å². The van der Waals surface area contributed by atoms with Crippen LogP contribution in [0.25, 0.3) is 0 Å². The number of nitrogens with zero attached hydrogens (tertiary/aromatic N) is 3. The van der Waals surface area contributed by atoms with Gasteiger partial charge in [0.1, 0.15) is 22.7 Å². The molecule has 0 unspecified atom stereocenters. The Morgan fingerprint density at radius 2 is 1.89 bits per heavy atom. The van der Waals surface area contributed by atoms with Gasteiger partial charge in [0.25, 0.3) is 11.8 Å². The molecule has 2 heterocycles. The summed E-state index contributed by atoms with van der Waals surface area (Å²) in [6, 6.07) is 7.15. The second-order valence-electron chi connectivity index (χ2n) is 9.70. The number of nitrogens with one attached hydrogen (secondary N) is 2. The number of hydrogen-bond acceptors (Lipinski definition) is 6. The molecule has 3 amide bonds. The first-order chi connectivity index (χ1) is 17.3. The van der Waals surface area contributed by atoms with Crippen molar-refractivity contribution >= 4 is 17.7 Å². The molecule has 1 aliphatic heterocycles. The highest BCUT2D eigenvalue weighted by molar-refractivity contribution is 6.01. The van der Waals surface area contributed by atoms with Crippen LogP contribution in [0.5, 0.6) is 11.5 Å². The summed E-state index contributed by atoms with van der Waals surface area (Å²) >= 11 is 0. The molecule has 0 spiro atoms. The van der Waals surface area contributed by atoms with Gasteiger partial charge in [0.05, 0.1) is 20.8 Å². The van der Waals surface area contributed by atoms with Crippen LogP contribution in [-0.4, -0.2) is 71.8 Å². The molecule has 194 valence electrons. The van der Waals surface area contributed by atoms with Crippen LogP contribution in [0.3, 0.4) is 0 Å². The van der Waals surface area contributed by atoms with Crippen molar-refractivity contribution in [2.24, 2.45) is 0 Å². The smallest absolute Gasteiger partial charge is 0.272 e. The van der Waals surface area contributed by atoms with E-state index in [1.807, 2.05) is 12.1 Å². The molecule has 0 bridgehead atoms. The number of likely N-dealkylation sites (N-methyl/N-ethyl adjacent to an activating group) is 1. The first-order valence-corrected chi connectivity index (χ1v) is 12.4. The Balaban J connectivity index is 1.41. The summed E-state index contributed by atoms with van der Waals surface area (Å²) in [6.07, 6.45) is 5.86. The van der Waals surface area contributed by atoms with E-state index in [0.717, 1.165) is 31.2 Å². The van der Waals surface area contributed by atoms with Crippen LogP contribution in [0.4, 0.5) is 0 Å². The van der Waals surface area contributed by atoms with Gasteiger partial charge < -0.3 is 25.0 Å². The number of benzene rings is 1. The van der Waals surface area contributed by atoms with Gasteiger partial charge in [0.2, 0.25) is 5.91 Å². The van der Waals surface area contributed by atoms with E-state index >= 15 is 0 Å². The van der Waals surface area contributed by atoms with E-state index in [0.29, 0.717) is 30.2 Å². The summed E-state index contributed by atoms with van der Waals surface area (Å²) in [6.45, 7) is 2.29. The average molecular weight is 498 g/mol. The molecular formula is C26H35N5O5. The van der Waals surface area contributed by atoms with E-state index in [2.05, 4.69) is 15.7 Å². The third kappa shape index (κ3) is 5.03. The Bertz CT molecular complexity index is 1140. The zero-order chi connectivity index (χ0) is 25.9. The van der Waals surface area contributed by atoms with Gasteiger partial charge in [-0.2, -0.15) is 5.10 Å². The molecule has 2 N–H and O–H groups in total. The second-order valence-corrected chi connectivity index (χ2v) is 9.70. The zero-order valence-electron chi connectivity index (χ0n) is 21.4. The molecule has 10 heteroatoms. The lowest BCUT2D eigenvalue weighted by atomic mass is 9.92. The van der Waals surface area contributed by atoms with E-state index in [4.69, 9.17) is 9.47 Å². The second kappa shape index (κ2) is 10.6. The summed E-state index contributed by atoms with van der Waals surface area (Å²) in [4.78, 5) is 40.6. The van der Waals surface area contributed by atoms with E-state index in [1.165, 1.54) is 22.1 Å². The molecule has 1 aliphatic carbocycles. The van der Waals surface area contributed by atoms with E-state index in [1.54, 1.807) is 34.3 Å². The van der Waals surface area contributed by atoms with Crippen molar-refractivity contribution in [3.8, 4) is 11.5 Å². The topological polar surface area (TPSA) is 115 Å². The fourth-order valence-corrected chi connectivity index (χ4v) is 4.89. The van der Waals surface area contributed by atoms with Crippen LogP contribution < -0.4 is 20.1 Å². The number of carbonyl (C=O) groups excluding carboxylic acids is 3. The first kappa shape index (κ1) is 25.5. The molecule has 10 nitrogen and oxygen atoms in total. The van der Waals surface area contributed by atoms with Gasteiger partial charge >= 0.3 is 0 Å². The number of methoxy groups -OCH3 is 2. The molecule has 1 fully saturated rings. The average Bonchev–Trinajstić information content (AvgIpc) is 3.32. The van der Waals surface area contributed by atoms with Crippen LogP contribution in [0.2, 0.25) is 0 Å². The molecule has 36 heavy (non-hydrogen) atoms. The predicted molar refractivity (Wildman–Crippen MR) is 133 cm³/mol. The maximum Gasteiger partial charge on any atom is 0.272 e. The van der Waals surface area contributed by atoms with Gasteiger partial charge in [-0.1, -0.05) is 25.3 Å². The molecule has 0 radical (unpaired) electrons. The largest absolute Gasteiger partial charge is 0.497 e. The number of hydrogen-bond donors (Lipinski definition) is 2. The van der Waals surface area contributed by atoms with Gasteiger partial charge in [-0.05, 0) is 37.8 Å². The summed E-state index contributed by atoms with van der Waals surface area (Å²) in [5.74, 6) is 0.467. The Labute approximate surface area is 211 Å².